The van der Waals surface area contributed by atoms with E-state index in [4.69, 9.17) is 0 Å². The van der Waals surface area contributed by atoms with E-state index in [0.29, 0.717) is 5.41 Å². The van der Waals surface area contributed by atoms with E-state index < -0.39 is 0 Å². The molecule has 0 unspecified atom stereocenters. The number of aryl methyl sites for hydroxylation is 3. The number of nitrogens with one attached hydrogen (secondary N) is 1. The summed E-state index contributed by atoms with van der Waals surface area (Å²) in [7, 11) is 0. The van der Waals surface area contributed by atoms with Gasteiger partial charge in [-0.2, -0.15) is 0 Å². The number of hydrogen-bond donors (Lipinski definition) is 1. The Morgan fingerprint density at radius 3 is 2.33 bits per heavy atom. The Balaban J connectivity index is 2.60. The fourth-order valence-corrected chi connectivity index (χ4v) is 2.74. The molecule has 0 fully saturated rings. The maximum atomic E-state index is 3.61. The minimum absolute atomic E-state index is 0.363. The summed E-state index contributed by atoms with van der Waals surface area (Å²) >= 11 is 0. The zero-order chi connectivity index (χ0) is 15.9. The SMILES string of the molecule is CCc1ccc(CC)c(CCC(C)(C)CNCC(C)C)c1. The third-order valence-corrected chi connectivity index (χ3v) is 4.29. The lowest BCUT2D eigenvalue weighted by atomic mass is 9.84. The zero-order valence-electron chi connectivity index (χ0n) is 15.1. The average Bonchev–Trinajstić information content (AvgIpc) is 2.44. The Morgan fingerprint density at radius 2 is 1.76 bits per heavy atom. The molecule has 0 aliphatic carbocycles. The first-order chi connectivity index (χ1) is 9.88. The quantitative estimate of drug-likeness (QED) is 0.673. The summed E-state index contributed by atoms with van der Waals surface area (Å²) < 4.78 is 0. The lowest BCUT2D eigenvalue weighted by Gasteiger charge is -2.26. The molecule has 120 valence electrons. The van der Waals surface area contributed by atoms with Crippen molar-refractivity contribution in [3.8, 4) is 0 Å². The Kier molecular flexibility index (Phi) is 7.45. The molecule has 0 saturated carbocycles. The van der Waals surface area contributed by atoms with Crippen LogP contribution in [0.15, 0.2) is 18.2 Å². The summed E-state index contributed by atoms with van der Waals surface area (Å²) in [6.07, 6.45) is 4.73. The van der Waals surface area contributed by atoms with Gasteiger partial charge >= 0.3 is 0 Å². The molecule has 0 saturated heterocycles. The standard InChI is InChI=1S/C20H35N/c1-7-17-9-10-18(8-2)19(13-17)11-12-20(5,6)15-21-14-16(3)4/h9-10,13,16,21H,7-8,11-12,14-15H2,1-6H3. The highest BCUT2D eigenvalue weighted by Crippen LogP contribution is 2.24. The fraction of sp³-hybridized carbons (Fsp3) is 0.700. The Hall–Kier alpha value is -0.820. The highest BCUT2D eigenvalue weighted by molar-refractivity contribution is 5.32. The van der Waals surface area contributed by atoms with E-state index in [9.17, 15) is 0 Å². The fourth-order valence-electron chi connectivity index (χ4n) is 2.74. The van der Waals surface area contributed by atoms with Crippen molar-refractivity contribution in [2.45, 2.75) is 67.2 Å². The second-order valence-electron chi connectivity index (χ2n) is 7.50. The van der Waals surface area contributed by atoms with Gasteiger partial charge in [0.2, 0.25) is 0 Å². The van der Waals surface area contributed by atoms with Crippen molar-refractivity contribution in [3.63, 3.8) is 0 Å². The van der Waals surface area contributed by atoms with Crippen LogP contribution in [-0.4, -0.2) is 13.1 Å². The second kappa shape index (κ2) is 8.58. The van der Waals surface area contributed by atoms with Gasteiger partial charge in [-0.25, -0.2) is 0 Å². The summed E-state index contributed by atoms with van der Waals surface area (Å²) in [6, 6.07) is 7.05. The van der Waals surface area contributed by atoms with Crippen LogP contribution in [0.4, 0.5) is 0 Å². The van der Waals surface area contributed by atoms with Crippen molar-refractivity contribution < 1.29 is 0 Å². The molecule has 21 heavy (non-hydrogen) atoms. The smallest absolute Gasteiger partial charge is 0.000274 e. The molecule has 1 N–H and O–H groups in total. The Morgan fingerprint density at radius 1 is 1.05 bits per heavy atom. The molecule has 0 aliphatic rings. The van der Waals surface area contributed by atoms with Gasteiger partial charge < -0.3 is 5.32 Å². The van der Waals surface area contributed by atoms with E-state index in [2.05, 4.69) is 65.1 Å². The second-order valence-corrected chi connectivity index (χ2v) is 7.50. The van der Waals surface area contributed by atoms with E-state index in [1.54, 1.807) is 5.56 Å². The first kappa shape index (κ1) is 18.2. The first-order valence-corrected chi connectivity index (χ1v) is 8.69. The van der Waals surface area contributed by atoms with Crippen molar-refractivity contribution in [2.75, 3.05) is 13.1 Å². The van der Waals surface area contributed by atoms with Gasteiger partial charge in [0.25, 0.3) is 0 Å². The number of hydrogen-bond acceptors (Lipinski definition) is 1. The highest BCUT2D eigenvalue weighted by atomic mass is 14.9. The molecule has 0 aromatic heterocycles. The van der Waals surface area contributed by atoms with E-state index in [1.165, 1.54) is 24.0 Å². The molecule has 1 nitrogen and oxygen atoms in total. The van der Waals surface area contributed by atoms with Crippen LogP contribution in [0.25, 0.3) is 0 Å². The van der Waals surface area contributed by atoms with Crippen molar-refractivity contribution >= 4 is 0 Å². The molecule has 1 rings (SSSR count). The van der Waals surface area contributed by atoms with Gasteiger partial charge in [-0.3, -0.25) is 0 Å². The van der Waals surface area contributed by atoms with Gasteiger partial charge in [-0.05, 0) is 60.3 Å². The molecule has 0 heterocycles. The van der Waals surface area contributed by atoms with Crippen LogP contribution >= 0.6 is 0 Å². The maximum Gasteiger partial charge on any atom is 0.000274 e. The van der Waals surface area contributed by atoms with Gasteiger partial charge in [-0.1, -0.05) is 59.7 Å². The van der Waals surface area contributed by atoms with Crippen LogP contribution in [0.2, 0.25) is 0 Å². The summed E-state index contributed by atoms with van der Waals surface area (Å²) in [5.41, 5.74) is 4.92. The monoisotopic (exact) mass is 289 g/mol. The molecular formula is C20H35N. The first-order valence-electron chi connectivity index (χ1n) is 8.69. The predicted octanol–water partition coefficient (Wildman–Crippen LogP) is 5.02. The summed E-state index contributed by atoms with van der Waals surface area (Å²) in [6.45, 7) is 16.0. The molecular weight excluding hydrogens is 254 g/mol. The summed E-state index contributed by atoms with van der Waals surface area (Å²) in [5, 5.41) is 3.61. The lowest BCUT2D eigenvalue weighted by molar-refractivity contribution is 0.308. The van der Waals surface area contributed by atoms with Crippen LogP contribution < -0.4 is 5.32 Å². The van der Waals surface area contributed by atoms with E-state index in [0.717, 1.165) is 31.8 Å². The molecule has 0 amide bonds. The minimum Gasteiger partial charge on any atom is -0.316 e. The van der Waals surface area contributed by atoms with Gasteiger partial charge in [0, 0.05) is 6.54 Å². The van der Waals surface area contributed by atoms with Crippen LogP contribution in [0.5, 0.6) is 0 Å². The van der Waals surface area contributed by atoms with Crippen molar-refractivity contribution in [1.82, 2.24) is 5.32 Å². The molecule has 0 spiro atoms. The average molecular weight is 290 g/mol. The van der Waals surface area contributed by atoms with E-state index in [1.807, 2.05) is 0 Å². The Bertz CT molecular complexity index is 418. The third-order valence-electron chi connectivity index (χ3n) is 4.29. The molecule has 0 bridgehead atoms. The van der Waals surface area contributed by atoms with Gasteiger partial charge in [-0.15, -0.1) is 0 Å². The predicted molar refractivity (Wildman–Crippen MR) is 95.0 cm³/mol. The van der Waals surface area contributed by atoms with Gasteiger partial charge in [0.15, 0.2) is 0 Å². The summed E-state index contributed by atoms with van der Waals surface area (Å²) in [4.78, 5) is 0. The Labute approximate surface area is 132 Å². The normalized spacial score (nSPS) is 12.1. The molecule has 1 aromatic carbocycles. The number of rotatable bonds is 9. The zero-order valence-corrected chi connectivity index (χ0v) is 15.1. The topological polar surface area (TPSA) is 12.0 Å². The van der Waals surface area contributed by atoms with Gasteiger partial charge in [0.05, 0.1) is 0 Å². The molecule has 0 radical (unpaired) electrons. The highest BCUT2D eigenvalue weighted by Gasteiger charge is 2.18. The van der Waals surface area contributed by atoms with Crippen LogP contribution in [0.3, 0.4) is 0 Å². The largest absolute Gasteiger partial charge is 0.316 e. The van der Waals surface area contributed by atoms with Crippen LogP contribution in [0, 0.1) is 11.3 Å². The molecule has 0 aliphatic heterocycles. The van der Waals surface area contributed by atoms with Crippen LogP contribution in [-0.2, 0) is 19.3 Å². The maximum absolute atomic E-state index is 3.61. The third kappa shape index (κ3) is 6.65. The van der Waals surface area contributed by atoms with E-state index in [-0.39, 0.29) is 0 Å². The minimum atomic E-state index is 0.363. The van der Waals surface area contributed by atoms with Crippen molar-refractivity contribution in [2.24, 2.45) is 11.3 Å². The molecule has 1 aromatic rings. The van der Waals surface area contributed by atoms with Crippen molar-refractivity contribution in [3.05, 3.63) is 34.9 Å². The molecule has 0 atom stereocenters. The van der Waals surface area contributed by atoms with E-state index >= 15 is 0 Å². The lowest BCUT2D eigenvalue weighted by Crippen LogP contribution is -2.32. The number of benzene rings is 1. The van der Waals surface area contributed by atoms with Crippen LogP contribution in [0.1, 0.15) is 64.7 Å². The van der Waals surface area contributed by atoms with Crippen molar-refractivity contribution in [1.29, 1.82) is 0 Å². The van der Waals surface area contributed by atoms with Gasteiger partial charge in [0.1, 0.15) is 0 Å². The summed E-state index contributed by atoms with van der Waals surface area (Å²) in [5.74, 6) is 0.730. The molecule has 1 heteroatoms.